The van der Waals surface area contributed by atoms with E-state index in [4.69, 9.17) is 4.74 Å². The third-order valence-electron chi connectivity index (χ3n) is 13.4. The highest BCUT2D eigenvalue weighted by atomic mass is 16.5. The molecule has 45 heavy (non-hydrogen) atoms. The van der Waals surface area contributed by atoms with Crippen LogP contribution in [0.2, 0.25) is 0 Å². The first-order valence-electron chi connectivity index (χ1n) is 19.9. The lowest BCUT2D eigenvalue weighted by atomic mass is 9.47. The van der Waals surface area contributed by atoms with Gasteiger partial charge in [-0.1, -0.05) is 109 Å². The van der Waals surface area contributed by atoms with Crippen molar-refractivity contribution in [2.75, 3.05) is 34.2 Å². The van der Waals surface area contributed by atoms with Gasteiger partial charge in [0.25, 0.3) is 0 Å². The molecule has 0 saturated heterocycles. The molecule has 0 spiro atoms. The van der Waals surface area contributed by atoms with Crippen molar-refractivity contribution in [2.24, 2.45) is 28.6 Å². The van der Waals surface area contributed by atoms with Crippen molar-refractivity contribution in [3.05, 3.63) is 11.6 Å². The van der Waals surface area contributed by atoms with Crippen LogP contribution in [0.3, 0.4) is 0 Å². The molecule has 4 aliphatic rings. The maximum Gasteiger partial charge on any atom is 0.306 e. The summed E-state index contributed by atoms with van der Waals surface area (Å²) in [4.78, 5) is 17.8. The Balaban J connectivity index is 1.14. The predicted octanol–water partition coefficient (Wildman–Crippen LogP) is 10.6. The first kappa shape index (κ1) is 37.0. The van der Waals surface area contributed by atoms with Gasteiger partial charge in [0.1, 0.15) is 6.10 Å². The lowest BCUT2D eigenvalue weighted by Crippen LogP contribution is -2.53. The molecule has 0 bridgehead atoms. The van der Waals surface area contributed by atoms with Crippen LogP contribution >= 0.6 is 0 Å². The molecular formula is C41H74N2O2. The zero-order chi connectivity index (χ0) is 32.3. The summed E-state index contributed by atoms with van der Waals surface area (Å²) in [6, 6.07) is 0.744. The number of rotatable bonds is 20. The SMILES string of the molecule is CCCCCCCCCCCCCCCC(=O)O[C@H]1CC[C@@]2(C)C(=CC[C@H]3[C@@H]4CC[C@H](N(C)CCCN(C)C)[C@@]4(C)CC[C@@H]32)C1. The minimum absolute atomic E-state index is 0.0566. The molecule has 0 aromatic carbocycles. The second-order valence-corrected chi connectivity index (χ2v) is 16.9. The fraction of sp³-hybridized carbons (Fsp3) is 0.927. The summed E-state index contributed by atoms with van der Waals surface area (Å²) in [6.45, 7) is 9.94. The van der Waals surface area contributed by atoms with Crippen LogP contribution in [0.1, 0.15) is 168 Å². The third kappa shape index (κ3) is 9.84. The van der Waals surface area contributed by atoms with Gasteiger partial charge in [0.05, 0.1) is 0 Å². The zero-order valence-corrected chi connectivity index (χ0v) is 30.9. The average molecular weight is 627 g/mol. The van der Waals surface area contributed by atoms with Crippen LogP contribution in [0, 0.1) is 28.6 Å². The molecular weight excluding hydrogens is 552 g/mol. The van der Waals surface area contributed by atoms with E-state index in [1.54, 1.807) is 5.57 Å². The van der Waals surface area contributed by atoms with Crippen molar-refractivity contribution in [1.82, 2.24) is 9.80 Å². The fourth-order valence-corrected chi connectivity index (χ4v) is 10.7. The number of hydrogen-bond acceptors (Lipinski definition) is 4. The Labute approximate surface area is 279 Å². The van der Waals surface area contributed by atoms with E-state index in [9.17, 15) is 4.79 Å². The van der Waals surface area contributed by atoms with Crippen molar-refractivity contribution >= 4 is 5.97 Å². The van der Waals surface area contributed by atoms with Gasteiger partial charge < -0.3 is 14.5 Å². The molecule has 4 nitrogen and oxygen atoms in total. The predicted molar refractivity (Wildman–Crippen MR) is 191 cm³/mol. The standard InChI is InChI=1S/C41H74N2O2/c1-7-8-9-10-11-12-13-14-15-16-17-18-19-21-39(44)45-34-26-28-40(2)33(32-34)22-23-35-36-24-25-38(41(36,3)29-27-37(35)40)43(6)31-20-30-42(4)5/h22,34-38H,7-21,23-32H2,1-6H3/t34-,35-,36-,37-,38-,40-,41-/m0/s1. The van der Waals surface area contributed by atoms with E-state index in [1.165, 1.54) is 135 Å². The minimum atomic E-state index is 0.0566. The monoisotopic (exact) mass is 627 g/mol. The van der Waals surface area contributed by atoms with Crippen LogP contribution in [0.15, 0.2) is 11.6 Å². The summed E-state index contributed by atoms with van der Waals surface area (Å²) in [5.74, 6) is 2.58. The Morgan fingerprint density at radius 2 is 1.42 bits per heavy atom. The van der Waals surface area contributed by atoms with Gasteiger partial charge in [0.2, 0.25) is 0 Å². The zero-order valence-electron chi connectivity index (χ0n) is 30.9. The van der Waals surface area contributed by atoms with Gasteiger partial charge >= 0.3 is 5.97 Å². The van der Waals surface area contributed by atoms with E-state index in [1.807, 2.05) is 0 Å². The minimum Gasteiger partial charge on any atom is -0.462 e. The third-order valence-corrected chi connectivity index (χ3v) is 13.4. The molecule has 3 saturated carbocycles. The highest BCUT2D eigenvalue weighted by Gasteiger charge is 2.59. The quantitative estimate of drug-likeness (QED) is 0.0765. The maximum atomic E-state index is 12.8. The smallest absolute Gasteiger partial charge is 0.306 e. The van der Waals surface area contributed by atoms with E-state index >= 15 is 0 Å². The van der Waals surface area contributed by atoms with Gasteiger partial charge in [-0.3, -0.25) is 4.79 Å². The molecule has 0 aromatic rings. The number of esters is 1. The number of ether oxygens (including phenoxy) is 1. The Morgan fingerprint density at radius 1 is 0.778 bits per heavy atom. The van der Waals surface area contributed by atoms with Gasteiger partial charge in [0, 0.05) is 18.9 Å². The maximum absolute atomic E-state index is 12.8. The molecule has 0 amide bonds. The van der Waals surface area contributed by atoms with Crippen LogP contribution < -0.4 is 0 Å². The van der Waals surface area contributed by atoms with Crippen LogP contribution in [0.5, 0.6) is 0 Å². The second kappa shape index (κ2) is 18.0. The van der Waals surface area contributed by atoms with Gasteiger partial charge in [-0.05, 0) is 121 Å². The van der Waals surface area contributed by atoms with Crippen LogP contribution in [0.25, 0.3) is 0 Å². The molecule has 0 aliphatic heterocycles. The van der Waals surface area contributed by atoms with Crippen molar-refractivity contribution in [2.45, 2.75) is 181 Å². The molecule has 0 N–H and O–H groups in total. The number of unbranched alkanes of at least 4 members (excludes halogenated alkanes) is 12. The summed E-state index contributed by atoms with van der Waals surface area (Å²) in [7, 11) is 6.79. The normalized spacial score (nSPS) is 32.7. The molecule has 0 unspecified atom stereocenters. The van der Waals surface area contributed by atoms with E-state index in [0.29, 0.717) is 17.3 Å². The van der Waals surface area contributed by atoms with Crippen LogP contribution in [0.4, 0.5) is 0 Å². The summed E-state index contributed by atoms with van der Waals surface area (Å²) < 4.78 is 6.11. The Bertz CT molecular complexity index is 915. The Hall–Kier alpha value is -0.870. The number of allylic oxidation sites excluding steroid dienone is 1. The van der Waals surface area contributed by atoms with Gasteiger partial charge in [-0.25, -0.2) is 0 Å². The van der Waals surface area contributed by atoms with E-state index < -0.39 is 0 Å². The highest BCUT2D eigenvalue weighted by molar-refractivity contribution is 5.69. The molecule has 4 rings (SSSR count). The number of nitrogens with zero attached hydrogens (tertiary/aromatic N) is 2. The molecule has 0 aromatic heterocycles. The van der Waals surface area contributed by atoms with E-state index in [0.717, 1.165) is 43.1 Å². The largest absolute Gasteiger partial charge is 0.462 e. The number of carbonyl (C=O) groups excluding carboxylic acids is 1. The van der Waals surface area contributed by atoms with E-state index in [-0.39, 0.29) is 12.1 Å². The summed E-state index contributed by atoms with van der Waals surface area (Å²) >= 11 is 0. The molecule has 0 radical (unpaired) electrons. The lowest BCUT2D eigenvalue weighted by Gasteiger charge is -2.58. The lowest BCUT2D eigenvalue weighted by molar-refractivity contribution is -0.151. The topological polar surface area (TPSA) is 32.8 Å². The van der Waals surface area contributed by atoms with Crippen LogP contribution in [-0.4, -0.2) is 62.1 Å². The Morgan fingerprint density at radius 3 is 2.07 bits per heavy atom. The van der Waals surface area contributed by atoms with Crippen LogP contribution in [-0.2, 0) is 9.53 Å². The molecule has 7 atom stereocenters. The first-order chi connectivity index (χ1) is 21.7. The number of carbonyl (C=O) groups is 1. The molecule has 3 fully saturated rings. The van der Waals surface area contributed by atoms with Gasteiger partial charge in [-0.2, -0.15) is 0 Å². The highest BCUT2D eigenvalue weighted by Crippen LogP contribution is 2.65. The van der Waals surface area contributed by atoms with Gasteiger partial charge in [-0.15, -0.1) is 0 Å². The molecule has 4 heteroatoms. The summed E-state index contributed by atoms with van der Waals surface area (Å²) in [6.07, 6.45) is 32.1. The van der Waals surface area contributed by atoms with E-state index in [2.05, 4.69) is 57.8 Å². The number of hydrogen-bond donors (Lipinski definition) is 0. The van der Waals surface area contributed by atoms with Crippen molar-refractivity contribution in [3.63, 3.8) is 0 Å². The number of fused-ring (bicyclic) bond motifs is 5. The average Bonchev–Trinajstić information content (AvgIpc) is 3.37. The fourth-order valence-electron chi connectivity index (χ4n) is 10.7. The van der Waals surface area contributed by atoms with Crippen molar-refractivity contribution in [1.29, 1.82) is 0 Å². The second-order valence-electron chi connectivity index (χ2n) is 16.9. The molecule has 4 aliphatic carbocycles. The first-order valence-corrected chi connectivity index (χ1v) is 19.9. The summed E-state index contributed by atoms with van der Waals surface area (Å²) in [5, 5.41) is 0. The van der Waals surface area contributed by atoms with Crippen molar-refractivity contribution in [3.8, 4) is 0 Å². The summed E-state index contributed by atoms with van der Waals surface area (Å²) in [5.41, 5.74) is 2.42. The molecule has 0 heterocycles. The van der Waals surface area contributed by atoms with Gasteiger partial charge in [0.15, 0.2) is 0 Å². The Kier molecular flexibility index (Phi) is 14.8. The van der Waals surface area contributed by atoms with Crippen molar-refractivity contribution < 1.29 is 9.53 Å². The molecule has 260 valence electrons.